The van der Waals surface area contributed by atoms with E-state index in [0.717, 1.165) is 16.7 Å². The zero-order valence-corrected chi connectivity index (χ0v) is 15.7. The van der Waals surface area contributed by atoms with Gasteiger partial charge in [0, 0.05) is 29.4 Å². The first kappa shape index (κ1) is 17.3. The van der Waals surface area contributed by atoms with Crippen LogP contribution in [-0.4, -0.2) is 36.3 Å². The molecule has 0 spiro atoms. The smallest absolute Gasteiger partial charge is 0.254 e. The van der Waals surface area contributed by atoms with Crippen LogP contribution in [0.1, 0.15) is 42.4 Å². The van der Waals surface area contributed by atoms with Gasteiger partial charge in [0.15, 0.2) is 0 Å². The molecule has 2 aromatic heterocycles. The van der Waals surface area contributed by atoms with Gasteiger partial charge in [-0.2, -0.15) is 4.39 Å². The number of rotatable bonds is 2. The van der Waals surface area contributed by atoms with Crippen LogP contribution in [0.5, 0.6) is 0 Å². The molecular weight excluding hydrogens is 345 g/mol. The third-order valence-corrected chi connectivity index (χ3v) is 4.85. The van der Waals surface area contributed by atoms with Crippen LogP contribution in [0.2, 0.25) is 0 Å². The van der Waals surface area contributed by atoms with Crippen LogP contribution in [0.4, 0.5) is 4.39 Å². The predicted octanol–water partition coefficient (Wildman–Crippen LogP) is 3.53. The second-order valence-corrected chi connectivity index (χ2v) is 7.68. The molecule has 0 atom stereocenters. The fraction of sp³-hybridized carbons (Fsp3) is 0.300. The summed E-state index contributed by atoms with van der Waals surface area (Å²) in [5, 5.41) is 8.33. The fourth-order valence-electron chi connectivity index (χ4n) is 3.37. The number of amides is 1. The minimum atomic E-state index is -0.600. The Kier molecular flexibility index (Phi) is 3.83. The average molecular weight is 365 g/mol. The zero-order valence-electron chi connectivity index (χ0n) is 15.7. The maximum atomic E-state index is 14.0. The third-order valence-electron chi connectivity index (χ3n) is 4.85. The fourth-order valence-corrected chi connectivity index (χ4v) is 3.37. The van der Waals surface area contributed by atoms with E-state index in [1.807, 2.05) is 50.8 Å². The number of hydrogen-bond donors (Lipinski definition) is 0. The van der Waals surface area contributed by atoms with Crippen LogP contribution < -0.4 is 0 Å². The number of benzene rings is 1. The first-order chi connectivity index (χ1) is 12.8. The summed E-state index contributed by atoms with van der Waals surface area (Å²) < 4.78 is 15.4. The van der Waals surface area contributed by atoms with E-state index in [9.17, 15) is 9.18 Å². The minimum absolute atomic E-state index is 0.0434. The summed E-state index contributed by atoms with van der Waals surface area (Å²) >= 11 is 0. The van der Waals surface area contributed by atoms with Crippen molar-refractivity contribution in [2.45, 2.75) is 39.8 Å². The lowest BCUT2D eigenvalue weighted by molar-refractivity contribution is 0.0609. The lowest BCUT2D eigenvalue weighted by Crippen LogP contribution is -2.41. The molecule has 138 valence electrons. The lowest BCUT2D eigenvalue weighted by atomic mass is 10.0. The van der Waals surface area contributed by atoms with Crippen molar-refractivity contribution in [2.75, 3.05) is 0 Å². The van der Waals surface area contributed by atoms with E-state index in [4.69, 9.17) is 0 Å². The number of aromatic nitrogens is 4. The van der Waals surface area contributed by atoms with Gasteiger partial charge >= 0.3 is 0 Å². The molecule has 0 fully saturated rings. The van der Waals surface area contributed by atoms with Gasteiger partial charge in [-0.25, -0.2) is 9.67 Å². The van der Waals surface area contributed by atoms with Crippen LogP contribution in [0, 0.1) is 12.9 Å². The van der Waals surface area contributed by atoms with Gasteiger partial charge in [-0.1, -0.05) is 11.3 Å². The van der Waals surface area contributed by atoms with E-state index < -0.39 is 5.95 Å². The molecule has 0 unspecified atom stereocenters. The molecule has 27 heavy (non-hydrogen) atoms. The molecular formula is C20H20FN5O. The minimum Gasteiger partial charge on any atom is -0.329 e. The number of carbonyl (C=O) groups excluding carboxylic acids is 1. The van der Waals surface area contributed by atoms with Gasteiger partial charge in [0.2, 0.25) is 5.95 Å². The molecule has 3 heterocycles. The molecule has 0 bridgehead atoms. The number of nitrogens with zero attached hydrogens (tertiary/aromatic N) is 5. The normalized spacial score (nSPS) is 14.0. The van der Waals surface area contributed by atoms with Crippen LogP contribution in [0.15, 0.2) is 36.5 Å². The first-order valence-corrected chi connectivity index (χ1v) is 8.76. The van der Waals surface area contributed by atoms with Gasteiger partial charge in [0.25, 0.3) is 5.91 Å². The first-order valence-electron chi connectivity index (χ1n) is 8.76. The summed E-state index contributed by atoms with van der Waals surface area (Å²) in [5.74, 6) is -0.556. The van der Waals surface area contributed by atoms with E-state index in [2.05, 4.69) is 15.3 Å². The summed E-state index contributed by atoms with van der Waals surface area (Å²) in [7, 11) is 0. The van der Waals surface area contributed by atoms with Crippen molar-refractivity contribution in [3.63, 3.8) is 0 Å². The standard InChI is InChI=1S/C20H20FN5O/c1-12-17(23-24-26(12)16-6-5-9-22-18(16)21)13-7-8-15-14(10-13)11-25(19(15)27)20(2,3)4/h5-10H,11H2,1-4H3. The van der Waals surface area contributed by atoms with Crippen molar-refractivity contribution in [3.8, 4) is 16.9 Å². The highest BCUT2D eigenvalue weighted by molar-refractivity contribution is 5.99. The molecule has 6 nitrogen and oxygen atoms in total. The third kappa shape index (κ3) is 2.79. The molecule has 0 N–H and O–H groups in total. The van der Waals surface area contributed by atoms with E-state index in [1.165, 1.54) is 10.9 Å². The molecule has 3 aromatic rings. The molecule has 1 aromatic carbocycles. The lowest BCUT2D eigenvalue weighted by Gasteiger charge is -2.31. The Bertz CT molecular complexity index is 1050. The largest absolute Gasteiger partial charge is 0.329 e. The Balaban J connectivity index is 1.74. The van der Waals surface area contributed by atoms with Gasteiger partial charge in [-0.05, 0) is 57.5 Å². The van der Waals surface area contributed by atoms with Gasteiger partial charge < -0.3 is 4.90 Å². The van der Waals surface area contributed by atoms with Crippen molar-refractivity contribution in [2.24, 2.45) is 0 Å². The summed E-state index contributed by atoms with van der Waals surface area (Å²) in [6.45, 7) is 8.47. The Morgan fingerprint density at radius 2 is 1.96 bits per heavy atom. The van der Waals surface area contributed by atoms with E-state index in [0.29, 0.717) is 17.9 Å². The molecule has 7 heteroatoms. The number of pyridine rings is 1. The van der Waals surface area contributed by atoms with Crippen molar-refractivity contribution in [1.82, 2.24) is 24.9 Å². The van der Waals surface area contributed by atoms with Crippen LogP contribution in [0.3, 0.4) is 0 Å². The Hall–Kier alpha value is -3.09. The van der Waals surface area contributed by atoms with E-state index in [1.54, 1.807) is 12.1 Å². The molecule has 1 amide bonds. The van der Waals surface area contributed by atoms with Gasteiger partial charge in [-0.3, -0.25) is 4.79 Å². The topological polar surface area (TPSA) is 63.9 Å². The van der Waals surface area contributed by atoms with Crippen molar-refractivity contribution >= 4 is 5.91 Å². The monoisotopic (exact) mass is 365 g/mol. The Labute approximate surface area is 156 Å². The molecule has 0 radical (unpaired) electrons. The van der Waals surface area contributed by atoms with Crippen molar-refractivity contribution < 1.29 is 9.18 Å². The molecule has 1 aliphatic rings. The van der Waals surface area contributed by atoms with Crippen LogP contribution in [-0.2, 0) is 6.54 Å². The molecule has 0 saturated carbocycles. The predicted molar refractivity (Wildman–Crippen MR) is 98.9 cm³/mol. The molecule has 0 saturated heterocycles. The second-order valence-electron chi connectivity index (χ2n) is 7.68. The highest BCUT2D eigenvalue weighted by Crippen LogP contribution is 2.32. The van der Waals surface area contributed by atoms with E-state index in [-0.39, 0.29) is 17.1 Å². The Morgan fingerprint density at radius 3 is 2.67 bits per heavy atom. The van der Waals surface area contributed by atoms with Crippen molar-refractivity contribution in [1.29, 1.82) is 0 Å². The van der Waals surface area contributed by atoms with Crippen LogP contribution in [0.25, 0.3) is 16.9 Å². The van der Waals surface area contributed by atoms with Gasteiger partial charge in [-0.15, -0.1) is 5.10 Å². The van der Waals surface area contributed by atoms with Gasteiger partial charge in [0.1, 0.15) is 11.4 Å². The maximum absolute atomic E-state index is 14.0. The number of carbonyl (C=O) groups is 1. The second kappa shape index (κ2) is 5.97. The summed E-state index contributed by atoms with van der Waals surface area (Å²) in [4.78, 5) is 18.2. The average Bonchev–Trinajstić information content (AvgIpc) is 3.15. The highest BCUT2D eigenvalue weighted by atomic mass is 19.1. The van der Waals surface area contributed by atoms with Crippen LogP contribution >= 0.6 is 0 Å². The van der Waals surface area contributed by atoms with Gasteiger partial charge in [0.05, 0.1) is 5.69 Å². The number of halogens is 1. The van der Waals surface area contributed by atoms with E-state index >= 15 is 0 Å². The summed E-state index contributed by atoms with van der Waals surface area (Å²) in [5.41, 5.74) is 3.91. The molecule has 1 aliphatic heterocycles. The number of fused-ring (bicyclic) bond motifs is 1. The summed E-state index contributed by atoms with van der Waals surface area (Å²) in [6, 6.07) is 8.93. The zero-order chi connectivity index (χ0) is 19.3. The Morgan fingerprint density at radius 1 is 1.19 bits per heavy atom. The number of hydrogen-bond acceptors (Lipinski definition) is 4. The van der Waals surface area contributed by atoms with Crippen molar-refractivity contribution in [3.05, 3.63) is 59.3 Å². The quantitative estimate of drug-likeness (QED) is 0.652. The SMILES string of the molecule is Cc1c(-c2ccc3c(c2)CN(C(C)(C)C)C3=O)nnn1-c1cccnc1F. The summed E-state index contributed by atoms with van der Waals surface area (Å²) in [6.07, 6.45) is 1.39. The maximum Gasteiger partial charge on any atom is 0.254 e. The highest BCUT2D eigenvalue weighted by Gasteiger charge is 2.34. The molecule has 0 aliphatic carbocycles. The molecule has 4 rings (SSSR count).